The van der Waals surface area contributed by atoms with E-state index < -0.39 is 0 Å². The molecule has 80 valence electrons. The molecule has 1 aliphatic heterocycles. The zero-order valence-corrected chi connectivity index (χ0v) is 9.28. The molecule has 0 aromatic carbocycles. The number of thiol groups is 1. The number of amides is 1. The van der Waals surface area contributed by atoms with Crippen LogP contribution in [0.15, 0.2) is 18.3 Å². The Balaban J connectivity index is 2.25. The molecule has 2 rings (SSSR count). The van der Waals surface area contributed by atoms with Gasteiger partial charge in [0.1, 0.15) is 11.6 Å². The molecule has 2 heterocycles. The molecule has 1 aromatic rings. The molecule has 0 saturated carbocycles. The second kappa shape index (κ2) is 4.10. The third-order valence-electron chi connectivity index (χ3n) is 2.33. The lowest BCUT2D eigenvalue weighted by atomic mass is 10.4. The van der Waals surface area contributed by atoms with Crippen molar-refractivity contribution in [3.8, 4) is 5.75 Å². The van der Waals surface area contributed by atoms with Crippen LogP contribution >= 0.6 is 12.6 Å². The summed E-state index contributed by atoms with van der Waals surface area (Å²) < 4.78 is 5.08. The van der Waals surface area contributed by atoms with Gasteiger partial charge in [0.25, 0.3) is 0 Å². The number of ether oxygens (including phenoxy) is 1. The van der Waals surface area contributed by atoms with Gasteiger partial charge in [-0.05, 0) is 6.07 Å². The average molecular weight is 224 g/mol. The normalized spacial score (nSPS) is 20.8. The van der Waals surface area contributed by atoms with Crippen molar-refractivity contribution in [2.75, 3.05) is 18.6 Å². The lowest BCUT2D eigenvalue weighted by Gasteiger charge is -2.15. The van der Waals surface area contributed by atoms with Crippen molar-refractivity contribution >= 4 is 24.4 Å². The van der Waals surface area contributed by atoms with Gasteiger partial charge in [0.15, 0.2) is 0 Å². The third kappa shape index (κ3) is 2.07. The minimum atomic E-state index is 0.0655. The Morgan fingerprint density at radius 1 is 1.67 bits per heavy atom. The summed E-state index contributed by atoms with van der Waals surface area (Å²) in [6.07, 6.45) is 2.11. The molecule has 0 radical (unpaired) electrons. The van der Waals surface area contributed by atoms with Gasteiger partial charge < -0.3 is 4.74 Å². The minimum absolute atomic E-state index is 0.0655. The molecule has 1 aromatic heterocycles. The van der Waals surface area contributed by atoms with Crippen LogP contribution in [0.4, 0.5) is 5.82 Å². The number of rotatable bonds is 2. The van der Waals surface area contributed by atoms with Gasteiger partial charge in [-0.15, -0.1) is 0 Å². The zero-order valence-electron chi connectivity index (χ0n) is 8.38. The minimum Gasteiger partial charge on any atom is -0.497 e. The smallest absolute Gasteiger partial charge is 0.229 e. The number of hydrogen-bond donors (Lipinski definition) is 1. The number of pyridine rings is 1. The fourth-order valence-electron chi connectivity index (χ4n) is 1.58. The Hall–Kier alpha value is -1.23. The molecule has 1 atom stereocenters. The van der Waals surface area contributed by atoms with Gasteiger partial charge in [-0.1, -0.05) is 0 Å². The van der Waals surface area contributed by atoms with E-state index in [1.54, 1.807) is 30.3 Å². The molecule has 0 bridgehead atoms. The fourth-order valence-corrected chi connectivity index (χ4v) is 1.90. The summed E-state index contributed by atoms with van der Waals surface area (Å²) >= 11 is 4.29. The van der Waals surface area contributed by atoms with Crippen molar-refractivity contribution in [1.29, 1.82) is 0 Å². The summed E-state index contributed by atoms with van der Waals surface area (Å²) in [5, 5.41) is 0.102. The summed E-state index contributed by atoms with van der Waals surface area (Å²) in [5.41, 5.74) is 0. The topological polar surface area (TPSA) is 42.4 Å². The molecule has 0 aliphatic carbocycles. The molecule has 15 heavy (non-hydrogen) atoms. The predicted octanol–water partition coefficient (Wildman–Crippen LogP) is 1.13. The van der Waals surface area contributed by atoms with Crippen LogP contribution < -0.4 is 9.64 Å². The second-order valence-electron chi connectivity index (χ2n) is 3.42. The van der Waals surface area contributed by atoms with E-state index in [1.807, 2.05) is 0 Å². The SMILES string of the molecule is COc1ccnc(N2CC(S)CC2=O)c1. The van der Waals surface area contributed by atoms with Crippen LogP contribution in [0.3, 0.4) is 0 Å². The molecule has 1 aliphatic rings. The highest BCUT2D eigenvalue weighted by atomic mass is 32.1. The Morgan fingerprint density at radius 3 is 3.07 bits per heavy atom. The highest BCUT2D eigenvalue weighted by molar-refractivity contribution is 7.81. The fraction of sp³-hybridized carbons (Fsp3) is 0.400. The van der Waals surface area contributed by atoms with E-state index in [9.17, 15) is 4.79 Å². The van der Waals surface area contributed by atoms with Crippen molar-refractivity contribution < 1.29 is 9.53 Å². The van der Waals surface area contributed by atoms with Gasteiger partial charge in [0, 0.05) is 30.5 Å². The van der Waals surface area contributed by atoms with Crippen LogP contribution in [0.5, 0.6) is 5.75 Å². The molecule has 4 nitrogen and oxygen atoms in total. The van der Waals surface area contributed by atoms with Crippen LogP contribution in [-0.2, 0) is 4.79 Å². The van der Waals surface area contributed by atoms with Crippen LogP contribution in [-0.4, -0.2) is 29.8 Å². The predicted molar refractivity (Wildman–Crippen MR) is 60.5 cm³/mol. The van der Waals surface area contributed by atoms with Gasteiger partial charge in [0.2, 0.25) is 5.91 Å². The molecule has 1 amide bonds. The first-order valence-corrected chi connectivity index (χ1v) is 5.21. The van der Waals surface area contributed by atoms with E-state index in [4.69, 9.17) is 4.74 Å². The molecule has 5 heteroatoms. The Bertz CT molecular complexity index is 383. The molecule has 1 unspecified atom stereocenters. The highest BCUT2D eigenvalue weighted by Crippen LogP contribution is 2.24. The number of aromatic nitrogens is 1. The first-order valence-electron chi connectivity index (χ1n) is 4.69. The summed E-state index contributed by atoms with van der Waals surface area (Å²) in [5.74, 6) is 1.40. The van der Waals surface area contributed by atoms with Crippen LogP contribution in [0.2, 0.25) is 0 Å². The highest BCUT2D eigenvalue weighted by Gasteiger charge is 2.29. The summed E-state index contributed by atoms with van der Waals surface area (Å²) in [6, 6.07) is 3.51. The molecule has 0 spiro atoms. The Kier molecular flexibility index (Phi) is 2.81. The monoisotopic (exact) mass is 224 g/mol. The molecular weight excluding hydrogens is 212 g/mol. The molecule has 1 fully saturated rings. The third-order valence-corrected chi connectivity index (χ3v) is 2.68. The summed E-state index contributed by atoms with van der Waals surface area (Å²) in [6.45, 7) is 0.613. The maximum Gasteiger partial charge on any atom is 0.229 e. The standard InChI is InChI=1S/C10H12N2O2S/c1-14-7-2-3-11-9(4-7)12-6-8(15)5-10(12)13/h2-4,8,15H,5-6H2,1H3. The van der Waals surface area contributed by atoms with Gasteiger partial charge in [-0.25, -0.2) is 4.98 Å². The number of carbonyl (C=O) groups excluding carboxylic acids is 1. The van der Waals surface area contributed by atoms with Crippen molar-refractivity contribution in [1.82, 2.24) is 4.98 Å². The van der Waals surface area contributed by atoms with Gasteiger partial charge >= 0.3 is 0 Å². The van der Waals surface area contributed by atoms with Gasteiger partial charge in [0.05, 0.1) is 7.11 Å². The molecular formula is C10H12N2O2S. The summed E-state index contributed by atoms with van der Waals surface area (Å²) in [4.78, 5) is 17.4. The van der Waals surface area contributed by atoms with Crippen molar-refractivity contribution in [2.24, 2.45) is 0 Å². The average Bonchev–Trinajstić information content (AvgIpc) is 2.58. The van der Waals surface area contributed by atoms with Gasteiger partial charge in [-0.3, -0.25) is 9.69 Å². The number of anilines is 1. The first-order chi connectivity index (χ1) is 7.20. The Morgan fingerprint density at radius 2 is 2.47 bits per heavy atom. The lowest BCUT2D eigenvalue weighted by molar-refractivity contribution is -0.117. The number of nitrogens with zero attached hydrogens (tertiary/aromatic N) is 2. The maximum atomic E-state index is 11.6. The summed E-state index contributed by atoms with van der Waals surface area (Å²) in [7, 11) is 1.59. The first kappa shape index (κ1) is 10.3. The van der Waals surface area contributed by atoms with Crippen molar-refractivity contribution in [2.45, 2.75) is 11.7 Å². The molecule has 1 saturated heterocycles. The number of methoxy groups -OCH3 is 1. The van der Waals surface area contributed by atoms with E-state index in [0.29, 0.717) is 24.5 Å². The quantitative estimate of drug-likeness (QED) is 0.766. The van der Waals surface area contributed by atoms with E-state index in [2.05, 4.69) is 17.6 Å². The van der Waals surface area contributed by atoms with E-state index >= 15 is 0 Å². The molecule has 0 N–H and O–H groups in total. The number of carbonyl (C=O) groups is 1. The van der Waals surface area contributed by atoms with E-state index in [-0.39, 0.29) is 11.2 Å². The van der Waals surface area contributed by atoms with Crippen LogP contribution in [0, 0.1) is 0 Å². The lowest BCUT2D eigenvalue weighted by Crippen LogP contribution is -2.25. The zero-order chi connectivity index (χ0) is 10.8. The maximum absolute atomic E-state index is 11.6. The Labute approximate surface area is 93.7 Å². The van der Waals surface area contributed by atoms with Crippen LogP contribution in [0.25, 0.3) is 0 Å². The van der Waals surface area contributed by atoms with E-state index in [0.717, 1.165) is 0 Å². The van der Waals surface area contributed by atoms with Crippen LogP contribution in [0.1, 0.15) is 6.42 Å². The second-order valence-corrected chi connectivity index (χ2v) is 4.15. The van der Waals surface area contributed by atoms with Gasteiger partial charge in [-0.2, -0.15) is 12.6 Å². The van der Waals surface area contributed by atoms with Crippen molar-refractivity contribution in [3.05, 3.63) is 18.3 Å². The number of hydrogen-bond acceptors (Lipinski definition) is 4. The van der Waals surface area contributed by atoms with E-state index in [1.165, 1.54) is 0 Å². The largest absolute Gasteiger partial charge is 0.497 e. The van der Waals surface area contributed by atoms with Crippen molar-refractivity contribution in [3.63, 3.8) is 0 Å².